The number of benzene rings is 1. The van der Waals surface area contributed by atoms with Gasteiger partial charge in [0, 0.05) is 17.7 Å². The lowest BCUT2D eigenvalue weighted by Gasteiger charge is -2.28. The molecule has 0 heterocycles. The van der Waals surface area contributed by atoms with E-state index in [0.29, 0.717) is 36.3 Å². The van der Waals surface area contributed by atoms with Crippen molar-refractivity contribution in [3.63, 3.8) is 0 Å². The molecule has 2 amide bonds. The lowest BCUT2D eigenvalue weighted by atomic mass is 9.88. The van der Waals surface area contributed by atoms with Crippen LogP contribution in [0.3, 0.4) is 0 Å². The summed E-state index contributed by atoms with van der Waals surface area (Å²) in [5, 5.41) is 2.82. The first-order valence-electron chi connectivity index (χ1n) is 7.87. The lowest BCUT2D eigenvalue weighted by molar-refractivity contribution is -0.00293. The summed E-state index contributed by atoms with van der Waals surface area (Å²) in [6.45, 7) is 3.24. The summed E-state index contributed by atoms with van der Waals surface area (Å²) in [5.41, 5.74) is 6.07. The number of hydrogen-bond acceptors (Lipinski definition) is 3. The Labute approximate surface area is 131 Å². The van der Waals surface area contributed by atoms with Gasteiger partial charge in [0.1, 0.15) is 0 Å². The van der Waals surface area contributed by atoms with Gasteiger partial charge in [0.05, 0.1) is 12.7 Å². The van der Waals surface area contributed by atoms with Crippen LogP contribution in [0.2, 0.25) is 0 Å². The number of ether oxygens (including phenoxy) is 1. The highest BCUT2D eigenvalue weighted by Gasteiger charge is 2.21. The quantitative estimate of drug-likeness (QED) is 0.790. The van der Waals surface area contributed by atoms with Crippen molar-refractivity contribution < 1.29 is 14.3 Å². The molecule has 3 N–H and O–H groups in total. The number of carbonyl (C=O) groups excluding carboxylic acids is 2. The van der Waals surface area contributed by atoms with E-state index in [1.165, 1.54) is 19.3 Å². The zero-order valence-corrected chi connectivity index (χ0v) is 13.0. The molecule has 1 aliphatic carbocycles. The van der Waals surface area contributed by atoms with Gasteiger partial charge < -0.3 is 15.8 Å². The van der Waals surface area contributed by atoms with Gasteiger partial charge in [-0.3, -0.25) is 9.59 Å². The van der Waals surface area contributed by atoms with Crippen molar-refractivity contribution in [2.75, 3.05) is 13.2 Å². The van der Waals surface area contributed by atoms with E-state index in [1.807, 2.05) is 0 Å². The van der Waals surface area contributed by atoms with Crippen LogP contribution in [0, 0.1) is 5.92 Å². The van der Waals surface area contributed by atoms with Gasteiger partial charge in [-0.05, 0) is 43.0 Å². The molecular formula is C17H24N2O3. The summed E-state index contributed by atoms with van der Waals surface area (Å²) in [6, 6.07) is 6.30. The predicted molar refractivity (Wildman–Crippen MR) is 84.7 cm³/mol. The van der Waals surface area contributed by atoms with E-state index in [0.717, 1.165) is 6.42 Å². The minimum Gasteiger partial charge on any atom is -0.376 e. The minimum absolute atomic E-state index is 0.170. The second-order valence-corrected chi connectivity index (χ2v) is 5.87. The third kappa shape index (κ3) is 4.56. The van der Waals surface area contributed by atoms with Gasteiger partial charge >= 0.3 is 0 Å². The zero-order chi connectivity index (χ0) is 15.9. The number of amides is 2. The minimum atomic E-state index is -0.498. The number of nitrogens with one attached hydrogen (secondary N) is 1. The molecule has 1 aliphatic rings. The number of rotatable bonds is 6. The van der Waals surface area contributed by atoms with Crippen molar-refractivity contribution >= 4 is 11.8 Å². The average molecular weight is 304 g/mol. The molecular weight excluding hydrogens is 280 g/mol. The van der Waals surface area contributed by atoms with Crippen LogP contribution < -0.4 is 11.1 Å². The molecule has 0 aromatic heterocycles. The van der Waals surface area contributed by atoms with Crippen LogP contribution in [0.15, 0.2) is 24.3 Å². The summed E-state index contributed by atoms with van der Waals surface area (Å²) in [6.07, 6.45) is 5.18. The summed E-state index contributed by atoms with van der Waals surface area (Å²) in [5.74, 6) is -0.0657. The maximum Gasteiger partial charge on any atom is 0.251 e. The summed E-state index contributed by atoms with van der Waals surface area (Å²) >= 11 is 0. The predicted octanol–water partition coefficient (Wildman–Crippen LogP) is 2.11. The number of carbonyl (C=O) groups is 2. The van der Waals surface area contributed by atoms with Crippen LogP contribution in [0.25, 0.3) is 0 Å². The first-order valence-corrected chi connectivity index (χ1v) is 7.87. The summed E-state index contributed by atoms with van der Waals surface area (Å²) in [7, 11) is 0. The monoisotopic (exact) mass is 304 g/mol. The molecule has 120 valence electrons. The third-order valence-corrected chi connectivity index (χ3v) is 4.18. The molecule has 2 rings (SSSR count). The number of primary amides is 1. The van der Waals surface area contributed by atoms with Crippen LogP contribution in [-0.2, 0) is 4.74 Å². The molecule has 5 heteroatoms. The Morgan fingerprint density at radius 1 is 1.18 bits per heavy atom. The van der Waals surface area contributed by atoms with Gasteiger partial charge in [0.25, 0.3) is 5.91 Å². The Morgan fingerprint density at radius 2 is 1.82 bits per heavy atom. The maximum absolute atomic E-state index is 12.0. The fraction of sp³-hybridized carbons (Fsp3) is 0.529. The van der Waals surface area contributed by atoms with Crippen molar-refractivity contribution in [3.8, 4) is 0 Å². The molecule has 2 atom stereocenters. The van der Waals surface area contributed by atoms with Gasteiger partial charge in [-0.1, -0.05) is 19.8 Å². The molecule has 0 aliphatic heterocycles. The molecule has 5 nitrogen and oxygen atoms in total. The molecule has 0 spiro atoms. The van der Waals surface area contributed by atoms with Gasteiger partial charge in [0.15, 0.2) is 0 Å². The van der Waals surface area contributed by atoms with Gasteiger partial charge in [-0.15, -0.1) is 0 Å². The topological polar surface area (TPSA) is 81.4 Å². The third-order valence-electron chi connectivity index (χ3n) is 4.18. The smallest absolute Gasteiger partial charge is 0.251 e. The SMILES string of the molecule is CC1CCCCC1OCCNC(=O)c1ccc(C(N)=O)cc1. The Balaban J connectivity index is 1.72. The normalized spacial score (nSPS) is 21.3. The molecule has 0 bridgehead atoms. The van der Waals surface area contributed by atoms with Crippen molar-refractivity contribution in [2.45, 2.75) is 38.7 Å². The van der Waals surface area contributed by atoms with Gasteiger partial charge in [-0.25, -0.2) is 0 Å². The van der Waals surface area contributed by atoms with Crippen molar-refractivity contribution in [2.24, 2.45) is 11.7 Å². The van der Waals surface area contributed by atoms with Gasteiger partial charge in [0.2, 0.25) is 5.91 Å². The van der Waals surface area contributed by atoms with E-state index in [-0.39, 0.29) is 5.91 Å². The molecule has 1 saturated carbocycles. The fourth-order valence-electron chi connectivity index (χ4n) is 2.79. The molecule has 22 heavy (non-hydrogen) atoms. The number of nitrogens with two attached hydrogens (primary N) is 1. The van der Waals surface area contributed by atoms with E-state index >= 15 is 0 Å². The molecule has 2 unspecified atom stereocenters. The average Bonchev–Trinajstić information content (AvgIpc) is 2.53. The highest BCUT2D eigenvalue weighted by molar-refractivity contribution is 5.97. The standard InChI is InChI=1S/C17H24N2O3/c1-12-4-2-3-5-15(12)22-11-10-19-17(21)14-8-6-13(7-9-14)16(18)20/h6-9,12,15H,2-5,10-11H2,1H3,(H2,18,20)(H,19,21). The van der Waals surface area contributed by atoms with E-state index < -0.39 is 5.91 Å². The van der Waals surface area contributed by atoms with Crippen molar-refractivity contribution in [1.82, 2.24) is 5.32 Å². The van der Waals surface area contributed by atoms with Crippen LogP contribution in [0.1, 0.15) is 53.3 Å². The Morgan fingerprint density at radius 3 is 2.45 bits per heavy atom. The Hall–Kier alpha value is -1.88. The largest absolute Gasteiger partial charge is 0.376 e. The second kappa shape index (κ2) is 7.94. The van der Waals surface area contributed by atoms with Crippen LogP contribution in [0.5, 0.6) is 0 Å². The molecule has 1 fully saturated rings. The summed E-state index contributed by atoms with van der Waals surface area (Å²) in [4.78, 5) is 22.9. The zero-order valence-electron chi connectivity index (χ0n) is 13.0. The highest BCUT2D eigenvalue weighted by Crippen LogP contribution is 2.25. The van der Waals surface area contributed by atoms with Crippen molar-refractivity contribution in [1.29, 1.82) is 0 Å². The number of hydrogen-bond donors (Lipinski definition) is 2. The first kappa shape index (κ1) is 16.5. The van der Waals surface area contributed by atoms with Crippen molar-refractivity contribution in [3.05, 3.63) is 35.4 Å². The van der Waals surface area contributed by atoms with E-state index in [2.05, 4.69) is 12.2 Å². The maximum atomic E-state index is 12.0. The van der Waals surface area contributed by atoms with Crippen LogP contribution in [0.4, 0.5) is 0 Å². The van der Waals surface area contributed by atoms with E-state index in [4.69, 9.17) is 10.5 Å². The van der Waals surface area contributed by atoms with E-state index in [9.17, 15) is 9.59 Å². The van der Waals surface area contributed by atoms with E-state index in [1.54, 1.807) is 24.3 Å². The fourth-order valence-corrected chi connectivity index (χ4v) is 2.79. The molecule has 1 aromatic rings. The van der Waals surface area contributed by atoms with Crippen LogP contribution >= 0.6 is 0 Å². The summed E-state index contributed by atoms with van der Waals surface area (Å²) < 4.78 is 5.86. The first-order chi connectivity index (χ1) is 10.6. The Kier molecular flexibility index (Phi) is 5.95. The van der Waals surface area contributed by atoms with Gasteiger partial charge in [-0.2, -0.15) is 0 Å². The molecule has 1 aromatic carbocycles. The second-order valence-electron chi connectivity index (χ2n) is 5.87. The Bertz CT molecular complexity index is 513. The lowest BCUT2D eigenvalue weighted by Crippen LogP contribution is -2.31. The molecule has 0 radical (unpaired) electrons. The molecule has 0 saturated heterocycles. The highest BCUT2D eigenvalue weighted by atomic mass is 16.5. The van der Waals surface area contributed by atoms with Crippen LogP contribution in [-0.4, -0.2) is 31.1 Å².